The largest absolute Gasteiger partial charge is 0.380 e. The minimum Gasteiger partial charge on any atom is -0.380 e. The molecule has 1 fully saturated rings. The van der Waals surface area contributed by atoms with Crippen LogP contribution in [-0.4, -0.2) is 35.3 Å². The lowest BCUT2D eigenvalue weighted by Gasteiger charge is -2.23. The van der Waals surface area contributed by atoms with Crippen molar-refractivity contribution in [1.82, 2.24) is 14.5 Å². The van der Waals surface area contributed by atoms with Gasteiger partial charge in [-0.1, -0.05) is 38.9 Å². The second-order valence-electron chi connectivity index (χ2n) is 8.07. The second kappa shape index (κ2) is 7.65. The molecule has 0 spiro atoms. The van der Waals surface area contributed by atoms with Gasteiger partial charge in [-0.25, -0.2) is 9.97 Å². The zero-order valence-corrected chi connectivity index (χ0v) is 16.2. The highest BCUT2D eigenvalue weighted by atomic mass is 28.3. The van der Waals surface area contributed by atoms with Crippen molar-refractivity contribution in [3.8, 4) is 0 Å². The number of nitrogens with one attached hydrogen (secondary N) is 1. The van der Waals surface area contributed by atoms with Crippen molar-refractivity contribution in [1.29, 1.82) is 0 Å². The topological polar surface area (TPSA) is 52.0 Å². The van der Waals surface area contributed by atoms with E-state index >= 15 is 0 Å². The molecule has 6 heteroatoms. The summed E-state index contributed by atoms with van der Waals surface area (Å²) >= 11 is 0. The summed E-state index contributed by atoms with van der Waals surface area (Å²) in [4.78, 5) is 9.09. The van der Waals surface area contributed by atoms with Gasteiger partial charge in [0, 0.05) is 26.9 Å². The van der Waals surface area contributed by atoms with E-state index in [9.17, 15) is 0 Å². The first-order valence-electron chi connectivity index (χ1n) is 9.17. The van der Waals surface area contributed by atoms with Gasteiger partial charge >= 0.3 is 0 Å². The fourth-order valence-corrected chi connectivity index (χ4v) is 3.94. The summed E-state index contributed by atoms with van der Waals surface area (Å²) in [6, 6.07) is 3.80. The molecule has 24 heavy (non-hydrogen) atoms. The summed E-state index contributed by atoms with van der Waals surface area (Å²) in [7, 11) is -1.04. The summed E-state index contributed by atoms with van der Waals surface area (Å²) in [5.41, 5.74) is 2.97. The molecule has 1 aliphatic rings. The number of pyridine rings is 1. The summed E-state index contributed by atoms with van der Waals surface area (Å²) < 4.78 is 7.85. The molecule has 0 aliphatic heterocycles. The molecule has 0 aromatic carbocycles. The molecule has 1 N–H and O–H groups in total. The van der Waals surface area contributed by atoms with Gasteiger partial charge in [0.2, 0.25) is 0 Å². The number of fused-ring (bicyclic) bond motifs is 1. The number of anilines is 1. The maximum absolute atomic E-state index is 5.85. The average molecular weight is 347 g/mol. The molecule has 3 rings (SSSR count). The van der Waals surface area contributed by atoms with Crippen LogP contribution in [-0.2, 0) is 11.5 Å². The highest BCUT2D eigenvalue weighted by molar-refractivity contribution is 6.76. The van der Waals surface area contributed by atoms with E-state index in [1.165, 1.54) is 38.1 Å². The fourth-order valence-electron chi connectivity index (χ4n) is 3.18. The molecule has 0 atom stereocenters. The van der Waals surface area contributed by atoms with Crippen LogP contribution in [0.4, 0.5) is 5.69 Å². The molecule has 1 aliphatic carbocycles. The van der Waals surface area contributed by atoms with E-state index in [1.807, 2.05) is 23.2 Å². The normalized spacial score (nSPS) is 16.6. The van der Waals surface area contributed by atoms with Gasteiger partial charge in [0.15, 0.2) is 5.65 Å². The van der Waals surface area contributed by atoms with E-state index in [1.54, 1.807) is 0 Å². The van der Waals surface area contributed by atoms with E-state index in [0.29, 0.717) is 12.8 Å². The molecule has 0 radical (unpaired) electrons. The predicted octanol–water partition coefficient (Wildman–Crippen LogP) is 4.49. The third-order valence-corrected chi connectivity index (χ3v) is 6.40. The zero-order valence-electron chi connectivity index (χ0n) is 15.2. The van der Waals surface area contributed by atoms with Crippen molar-refractivity contribution in [3.05, 3.63) is 18.6 Å². The summed E-state index contributed by atoms with van der Waals surface area (Å²) in [6.07, 6.45) is 10.2. The van der Waals surface area contributed by atoms with E-state index in [0.717, 1.165) is 23.5 Å². The molecular formula is C18H30N4OSi. The van der Waals surface area contributed by atoms with Crippen LogP contribution in [0, 0.1) is 0 Å². The van der Waals surface area contributed by atoms with Gasteiger partial charge in [-0.05, 0) is 25.0 Å². The van der Waals surface area contributed by atoms with Crippen LogP contribution >= 0.6 is 0 Å². The third kappa shape index (κ3) is 4.57. The highest BCUT2D eigenvalue weighted by Gasteiger charge is 2.16. The maximum Gasteiger partial charge on any atom is 0.163 e. The minimum absolute atomic E-state index is 0.529. The Morgan fingerprint density at radius 2 is 2.00 bits per heavy atom. The Kier molecular flexibility index (Phi) is 5.56. The van der Waals surface area contributed by atoms with Crippen molar-refractivity contribution >= 4 is 24.9 Å². The quantitative estimate of drug-likeness (QED) is 0.593. The minimum atomic E-state index is -1.04. The smallest absolute Gasteiger partial charge is 0.163 e. The summed E-state index contributed by atoms with van der Waals surface area (Å²) in [5, 5.41) is 3.67. The van der Waals surface area contributed by atoms with Gasteiger partial charge in [-0.3, -0.25) is 4.57 Å². The van der Waals surface area contributed by atoms with E-state index in [2.05, 4.69) is 34.9 Å². The third-order valence-electron chi connectivity index (χ3n) is 4.69. The summed E-state index contributed by atoms with van der Waals surface area (Å²) in [5.74, 6) is 0. The first kappa shape index (κ1) is 17.4. The van der Waals surface area contributed by atoms with Gasteiger partial charge in [0.25, 0.3) is 0 Å². The SMILES string of the molecule is C[Si](C)(C)CCOCn1cnc2c(NC3CCCCC3)ccnc21. The van der Waals surface area contributed by atoms with Crippen molar-refractivity contribution in [3.63, 3.8) is 0 Å². The van der Waals surface area contributed by atoms with Crippen LogP contribution in [0.15, 0.2) is 18.6 Å². The molecule has 0 bridgehead atoms. The van der Waals surface area contributed by atoms with Crippen LogP contribution in [0.3, 0.4) is 0 Å². The molecule has 2 aromatic heterocycles. The zero-order chi connectivity index (χ0) is 17.0. The Morgan fingerprint density at radius 3 is 2.75 bits per heavy atom. The van der Waals surface area contributed by atoms with Crippen molar-refractivity contribution in [2.75, 3.05) is 11.9 Å². The molecule has 0 amide bonds. The van der Waals surface area contributed by atoms with Gasteiger partial charge in [0.1, 0.15) is 12.2 Å². The number of imidazole rings is 1. The molecule has 0 unspecified atom stereocenters. The van der Waals surface area contributed by atoms with Crippen molar-refractivity contribution in [2.24, 2.45) is 0 Å². The standard InChI is InChI=1S/C18H30N4OSi/c1-24(2,3)12-11-23-14-22-13-20-17-16(9-10-19-18(17)22)21-15-7-5-4-6-8-15/h9-10,13,15H,4-8,11-12,14H2,1-3H3,(H,19,21). The lowest BCUT2D eigenvalue weighted by Crippen LogP contribution is -2.22. The lowest BCUT2D eigenvalue weighted by atomic mass is 9.95. The van der Waals surface area contributed by atoms with Crippen LogP contribution in [0.1, 0.15) is 32.1 Å². The summed E-state index contributed by atoms with van der Waals surface area (Å²) in [6.45, 7) is 8.45. The molecular weight excluding hydrogens is 316 g/mol. The van der Waals surface area contributed by atoms with Crippen LogP contribution in [0.5, 0.6) is 0 Å². The highest BCUT2D eigenvalue weighted by Crippen LogP contribution is 2.25. The van der Waals surface area contributed by atoms with Gasteiger partial charge in [0.05, 0.1) is 12.0 Å². The van der Waals surface area contributed by atoms with Crippen molar-refractivity contribution < 1.29 is 4.74 Å². The average Bonchev–Trinajstić information content (AvgIpc) is 2.96. The number of hydrogen-bond acceptors (Lipinski definition) is 4. The van der Waals surface area contributed by atoms with E-state index in [-0.39, 0.29) is 0 Å². The molecule has 5 nitrogen and oxygen atoms in total. The van der Waals surface area contributed by atoms with Crippen LogP contribution in [0.25, 0.3) is 11.2 Å². The fraction of sp³-hybridized carbons (Fsp3) is 0.667. The Labute approximate surface area is 145 Å². The first-order valence-corrected chi connectivity index (χ1v) is 12.9. The molecule has 132 valence electrons. The molecule has 2 aromatic rings. The van der Waals surface area contributed by atoms with Gasteiger partial charge in [-0.15, -0.1) is 0 Å². The van der Waals surface area contributed by atoms with Gasteiger partial charge in [-0.2, -0.15) is 0 Å². The number of hydrogen-bond donors (Lipinski definition) is 1. The molecule has 2 heterocycles. The molecule has 0 saturated heterocycles. The Hall–Kier alpha value is -1.40. The van der Waals surface area contributed by atoms with Crippen molar-refractivity contribution in [2.45, 2.75) is 70.6 Å². The number of nitrogens with zero attached hydrogens (tertiary/aromatic N) is 3. The Balaban J connectivity index is 1.65. The van der Waals surface area contributed by atoms with Crippen LogP contribution in [0.2, 0.25) is 25.7 Å². The predicted molar refractivity (Wildman–Crippen MR) is 102 cm³/mol. The molecule has 1 saturated carbocycles. The second-order valence-corrected chi connectivity index (χ2v) is 13.7. The first-order chi connectivity index (χ1) is 11.5. The lowest BCUT2D eigenvalue weighted by molar-refractivity contribution is 0.0895. The Morgan fingerprint density at radius 1 is 1.21 bits per heavy atom. The van der Waals surface area contributed by atoms with E-state index in [4.69, 9.17) is 4.74 Å². The monoisotopic (exact) mass is 346 g/mol. The van der Waals surface area contributed by atoms with E-state index < -0.39 is 8.07 Å². The van der Waals surface area contributed by atoms with Gasteiger partial charge < -0.3 is 10.1 Å². The Bertz CT molecular complexity index is 659. The maximum atomic E-state index is 5.85. The number of ether oxygens (including phenoxy) is 1. The number of rotatable bonds is 7. The van der Waals surface area contributed by atoms with Crippen LogP contribution < -0.4 is 5.32 Å². The number of aromatic nitrogens is 3.